The Morgan fingerprint density at radius 1 is 1.12 bits per heavy atom. The second kappa shape index (κ2) is 10.3. The number of thiazole rings is 1. The van der Waals surface area contributed by atoms with E-state index in [0.29, 0.717) is 16.4 Å². The minimum Gasteiger partial charge on any atom is -0.494 e. The number of aromatic nitrogens is 2. The molecule has 7 nitrogen and oxygen atoms in total. The van der Waals surface area contributed by atoms with Gasteiger partial charge in [-0.1, -0.05) is 23.5 Å². The Labute approximate surface area is 200 Å². The van der Waals surface area contributed by atoms with Gasteiger partial charge in [0.15, 0.2) is 15.0 Å². The lowest BCUT2D eigenvalue weighted by molar-refractivity contribution is -0.118. The maximum Gasteiger partial charge on any atom is 0.229 e. The van der Waals surface area contributed by atoms with Crippen molar-refractivity contribution in [3.63, 3.8) is 0 Å². The zero-order chi connectivity index (χ0) is 24.1. The Hall–Kier alpha value is -3.37. The summed E-state index contributed by atoms with van der Waals surface area (Å²) < 4.78 is 44.5. The number of amides is 1. The van der Waals surface area contributed by atoms with Gasteiger partial charge in [-0.2, -0.15) is 0 Å². The molecule has 34 heavy (non-hydrogen) atoms. The van der Waals surface area contributed by atoms with Crippen LogP contribution in [0.25, 0.3) is 10.2 Å². The van der Waals surface area contributed by atoms with Gasteiger partial charge in [-0.15, -0.1) is 0 Å². The summed E-state index contributed by atoms with van der Waals surface area (Å²) in [5.74, 6) is -0.373. The van der Waals surface area contributed by atoms with E-state index in [2.05, 4.69) is 9.97 Å². The van der Waals surface area contributed by atoms with Gasteiger partial charge in [-0.25, -0.2) is 17.8 Å². The molecule has 0 aliphatic rings. The number of carbonyl (C=O) groups excluding carboxylic acids is 1. The van der Waals surface area contributed by atoms with Crippen LogP contribution in [0.1, 0.15) is 18.4 Å². The molecule has 2 heterocycles. The molecule has 0 atom stereocenters. The zero-order valence-electron chi connectivity index (χ0n) is 18.3. The van der Waals surface area contributed by atoms with Gasteiger partial charge in [-0.05, 0) is 54.4 Å². The highest BCUT2D eigenvalue weighted by atomic mass is 32.2. The molecule has 2 aromatic carbocycles. The van der Waals surface area contributed by atoms with E-state index in [-0.39, 0.29) is 35.9 Å². The molecule has 176 valence electrons. The second-order valence-electron chi connectivity index (χ2n) is 7.52. The van der Waals surface area contributed by atoms with Crippen LogP contribution in [-0.4, -0.2) is 37.2 Å². The first-order chi connectivity index (χ1) is 16.4. The van der Waals surface area contributed by atoms with E-state index in [0.717, 1.165) is 22.4 Å². The fraction of sp³-hybridized carbons (Fsp3) is 0.208. The van der Waals surface area contributed by atoms with Crippen LogP contribution < -0.4 is 9.64 Å². The summed E-state index contributed by atoms with van der Waals surface area (Å²) in [7, 11) is -2.06. The van der Waals surface area contributed by atoms with E-state index < -0.39 is 15.7 Å². The molecule has 0 saturated heterocycles. The first kappa shape index (κ1) is 23.8. The first-order valence-electron chi connectivity index (χ1n) is 10.5. The average molecular weight is 500 g/mol. The summed E-state index contributed by atoms with van der Waals surface area (Å²) in [6, 6.07) is 13.9. The number of rotatable bonds is 9. The number of anilines is 1. The number of hydrogen-bond donors (Lipinski definition) is 0. The number of hydrogen-bond acceptors (Lipinski definition) is 7. The number of pyridine rings is 1. The predicted octanol–water partition coefficient (Wildman–Crippen LogP) is 4.63. The first-order valence-corrected chi connectivity index (χ1v) is 13.0. The Bertz CT molecular complexity index is 1390. The number of carbonyl (C=O) groups is 1. The van der Waals surface area contributed by atoms with Crippen molar-refractivity contribution in [2.75, 3.05) is 17.8 Å². The number of benzene rings is 2. The molecule has 0 aliphatic carbocycles. The van der Waals surface area contributed by atoms with Crippen LogP contribution in [0.2, 0.25) is 0 Å². The van der Waals surface area contributed by atoms with Crippen LogP contribution in [0, 0.1) is 5.82 Å². The summed E-state index contributed by atoms with van der Waals surface area (Å²) in [6.07, 6.45) is 3.45. The van der Waals surface area contributed by atoms with Crippen molar-refractivity contribution >= 4 is 42.4 Å². The van der Waals surface area contributed by atoms with Crippen molar-refractivity contribution in [3.8, 4) is 5.75 Å². The molecular weight excluding hydrogens is 477 g/mol. The molecule has 0 bridgehead atoms. The molecule has 1 amide bonds. The minimum absolute atomic E-state index is 0.00769. The third-order valence-electron chi connectivity index (χ3n) is 5.16. The molecule has 4 aromatic rings. The maximum atomic E-state index is 13.2. The van der Waals surface area contributed by atoms with Crippen molar-refractivity contribution in [1.82, 2.24) is 9.97 Å². The zero-order valence-corrected chi connectivity index (χ0v) is 20.0. The molecule has 0 saturated carbocycles. The Morgan fingerprint density at radius 2 is 1.91 bits per heavy atom. The smallest absolute Gasteiger partial charge is 0.229 e. The molecule has 0 fully saturated rings. The van der Waals surface area contributed by atoms with Gasteiger partial charge in [-0.3, -0.25) is 14.7 Å². The monoisotopic (exact) mass is 499 g/mol. The molecule has 0 unspecified atom stereocenters. The highest BCUT2D eigenvalue weighted by molar-refractivity contribution is 7.91. The summed E-state index contributed by atoms with van der Waals surface area (Å²) in [6.45, 7) is 0.250. The van der Waals surface area contributed by atoms with Gasteiger partial charge in [0, 0.05) is 18.8 Å². The maximum absolute atomic E-state index is 13.2. The average Bonchev–Trinajstić information content (AvgIpc) is 3.27. The van der Waals surface area contributed by atoms with Crippen LogP contribution in [0.4, 0.5) is 9.52 Å². The fourth-order valence-corrected chi connectivity index (χ4v) is 5.75. The van der Waals surface area contributed by atoms with Gasteiger partial charge < -0.3 is 4.74 Å². The van der Waals surface area contributed by atoms with E-state index in [1.807, 2.05) is 18.2 Å². The van der Waals surface area contributed by atoms with Crippen LogP contribution in [-0.2, 0) is 21.2 Å². The van der Waals surface area contributed by atoms with E-state index in [4.69, 9.17) is 4.74 Å². The third-order valence-corrected chi connectivity index (χ3v) is 8.02. The van der Waals surface area contributed by atoms with E-state index in [1.165, 1.54) is 23.5 Å². The number of halogens is 1. The van der Waals surface area contributed by atoms with Gasteiger partial charge in [0.05, 0.1) is 29.0 Å². The number of fused-ring (bicyclic) bond motifs is 1. The lowest BCUT2D eigenvalue weighted by Crippen LogP contribution is -2.30. The summed E-state index contributed by atoms with van der Waals surface area (Å²) in [5, 5.41) is 0.495. The van der Waals surface area contributed by atoms with Crippen LogP contribution >= 0.6 is 11.3 Å². The van der Waals surface area contributed by atoms with Crippen LogP contribution in [0.5, 0.6) is 5.75 Å². The molecule has 0 radical (unpaired) electrons. The van der Waals surface area contributed by atoms with Crippen molar-refractivity contribution in [1.29, 1.82) is 0 Å². The highest BCUT2D eigenvalue weighted by Crippen LogP contribution is 2.35. The predicted molar refractivity (Wildman–Crippen MR) is 129 cm³/mol. The molecule has 2 aromatic heterocycles. The lowest BCUT2D eigenvalue weighted by Gasteiger charge is -2.20. The molecular formula is C24H22FN3O4S2. The Kier molecular flexibility index (Phi) is 7.18. The fourth-order valence-electron chi connectivity index (χ4n) is 3.44. The van der Waals surface area contributed by atoms with E-state index in [1.54, 1.807) is 36.5 Å². The topological polar surface area (TPSA) is 89.5 Å². The molecule has 0 spiro atoms. The number of methoxy groups -OCH3 is 1. The van der Waals surface area contributed by atoms with Gasteiger partial charge in [0.1, 0.15) is 17.1 Å². The number of sulfone groups is 1. The summed E-state index contributed by atoms with van der Waals surface area (Å²) in [5.41, 5.74) is 1.48. The van der Waals surface area contributed by atoms with Crippen molar-refractivity contribution in [3.05, 3.63) is 78.4 Å². The normalized spacial score (nSPS) is 11.5. The standard InChI is InChI=1S/C24H22FN3O4S2/c1-32-20-6-2-7-21-23(20)27-24(33-21)28(16-17-5-3-13-26-15-17)22(29)8-4-14-34(30,31)19-11-9-18(25)10-12-19/h2-3,5-7,9-13,15H,4,8,14,16H2,1H3. The van der Waals surface area contributed by atoms with Gasteiger partial charge >= 0.3 is 0 Å². The Balaban J connectivity index is 1.54. The SMILES string of the molecule is COc1cccc2sc(N(Cc3cccnc3)C(=O)CCCS(=O)(=O)c3ccc(F)cc3)nc12. The quantitative estimate of drug-likeness (QED) is 0.312. The number of para-hydroxylation sites is 1. The largest absolute Gasteiger partial charge is 0.494 e. The molecule has 10 heteroatoms. The lowest BCUT2D eigenvalue weighted by atomic mass is 10.2. The van der Waals surface area contributed by atoms with E-state index in [9.17, 15) is 17.6 Å². The Morgan fingerprint density at radius 3 is 2.62 bits per heavy atom. The summed E-state index contributed by atoms with van der Waals surface area (Å²) >= 11 is 1.36. The van der Waals surface area contributed by atoms with Gasteiger partial charge in [0.25, 0.3) is 0 Å². The number of nitrogens with zero attached hydrogens (tertiary/aromatic N) is 3. The van der Waals surface area contributed by atoms with Crippen LogP contribution in [0.15, 0.2) is 71.9 Å². The summed E-state index contributed by atoms with van der Waals surface area (Å²) in [4.78, 5) is 23.6. The molecule has 4 rings (SSSR count). The van der Waals surface area contributed by atoms with Crippen molar-refractivity contribution < 1.29 is 22.3 Å². The van der Waals surface area contributed by atoms with Crippen molar-refractivity contribution in [2.24, 2.45) is 0 Å². The van der Waals surface area contributed by atoms with Gasteiger partial charge in [0.2, 0.25) is 5.91 Å². The highest BCUT2D eigenvalue weighted by Gasteiger charge is 2.23. The van der Waals surface area contributed by atoms with Crippen LogP contribution in [0.3, 0.4) is 0 Å². The molecule has 0 aliphatic heterocycles. The molecule has 0 N–H and O–H groups in total. The minimum atomic E-state index is -3.63. The van der Waals surface area contributed by atoms with E-state index >= 15 is 0 Å². The number of ether oxygens (including phenoxy) is 1. The van der Waals surface area contributed by atoms with Crippen molar-refractivity contribution in [2.45, 2.75) is 24.3 Å². The third kappa shape index (κ3) is 5.40. The second-order valence-corrected chi connectivity index (χ2v) is 10.6.